The third kappa shape index (κ3) is 4.18. The zero-order valence-electron chi connectivity index (χ0n) is 17.2. The lowest BCUT2D eigenvalue weighted by Gasteiger charge is -2.11. The van der Waals surface area contributed by atoms with E-state index in [4.69, 9.17) is 4.98 Å². The van der Waals surface area contributed by atoms with Crippen LogP contribution < -0.4 is 10.6 Å². The van der Waals surface area contributed by atoms with Crippen LogP contribution in [0.4, 0.5) is 17.1 Å². The summed E-state index contributed by atoms with van der Waals surface area (Å²) in [5.41, 5.74) is 5.37. The second-order valence-corrected chi connectivity index (χ2v) is 7.31. The van der Waals surface area contributed by atoms with Gasteiger partial charge in [-0.05, 0) is 60.7 Å². The number of carbonyl (C=O) groups is 1. The molecular weight excluding hydrogens is 396 g/mol. The van der Waals surface area contributed by atoms with Gasteiger partial charge in [0.05, 0.1) is 22.5 Å². The van der Waals surface area contributed by atoms with E-state index in [2.05, 4.69) is 15.6 Å². The molecule has 5 nitrogen and oxygen atoms in total. The van der Waals surface area contributed by atoms with Gasteiger partial charge in [0.1, 0.15) is 0 Å². The number of nitrogens with zero attached hydrogens (tertiary/aromatic N) is 2. The van der Waals surface area contributed by atoms with E-state index in [1.165, 1.54) is 0 Å². The van der Waals surface area contributed by atoms with Crippen molar-refractivity contribution < 1.29 is 4.79 Å². The molecule has 32 heavy (non-hydrogen) atoms. The molecule has 0 aliphatic carbocycles. The highest BCUT2D eigenvalue weighted by Gasteiger charge is 2.14. The Morgan fingerprint density at radius 2 is 1.34 bits per heavy atom. The van der Waals surface area contributed by atoms with Crippen LogP contribution in [0.5, 0.6) is 0 Å². The highest BCUT2D eigenvalue weighted by atomic mass is 16.1. The molecule has 0 aliphatic heterocycles. The molecule has 0 aliphatic rings. The van der Waals surface area contributed by atoms with Crippen molar-refractivity contribution in [1.82, 2.24) is 9.97 Å². The maximum Gasteiger partial charge on any atom is 0.256 e. The average Bonchev–Trinajstić information content (AvgIpc) is 2.85. The SMILES string of the molecule is O=C(Nc1ccc(Nc2ccccc2)cc1)c1cc(-c2ccccn2)nc2ccccc12. The number of anilines is 3. The van der Waals surface area contributed by atoms with E-state index in [0.717, 1.165) is 28.0 Å². The van der Waals surface area contributed by atoms with E-state index in [1.54, 1.807) is 12.3 Å². The normalized spacial score (nSPS) is 10.6. The number of carbonyl (C=O) groups excluding carboxylic acids is 1. The fourth-order valence-electron chi connectivity index (χ4n) is 3.53. The van der Waals surface area contributed by atoms with Gasteiger partial charge < -0.3 is 10.6 Å². The largest absolute Gasteiger partial charge is 0.356 e. The van der Waals surface area contributed by atoms with Crippen molar-refractivity contribution in [3.8, 4) is 11.4 Å². The lowest BCUT2D eigenvalue weighted by atomic mass is 10.1. The third-order valence-corrected chi connectivity index (χ3v) is 5.09. The summed E-state index contributed by atoms with van der Waals surface area (Å²) < 4.78 is 0. The number of benzene rings is 3. The Morgan fingerprint density at radius 1 is 0.656 bits per heavy atom. The van der Waals surface area contributed by atoms with Gasteiger partial charge in [-0.25, -0.2) is 4.98 Å². The fraction of sp³-hybridized carbons (Fsp3) is 0. The first kappa shape index (κ1) is 19.5. The monoisotopic (exact) mass is 416 g/mol. The van der Waals surface area contributed by atoms with Crippen LogP contribution in [0.1, 0.15) is 10.4 Å². The van der Waals surface area contributed by atoms with Gasteiger partial charge in [-0.1, -0.05) is 42.5 Å². The molecule has 1 amide bonds. The van der Waals surface area contributed by atoms with Gasteiger partial charge in [0.25, 0.3) is 5.91 Å². The van der Waals surface area contributed by atoms with Gasteiger partial charge in [-0.2, -0.15) is 0 Å². The first-order valence-corrected chi connectivity index (χ1v) is 10.3. The summed E-state index contributed by atoms with van der Waals surface area (Å²) in [6.07, 6.45) is 1.72. The van der Waals surface area contributed by atoms with Crippen molar-refractivity contribution in [2.75, 3.05) is 10.6 Å². The second-order valence-electron chi connectivity index (χ2n) is 7.31. The minimum absolute atomic E-state index is 0.190. The predicted molar refractivity (Wildman–Crippen MR) is 129 cm³/mol. The number of fused-ring (bicyclic) bond motifs is 1. The fourth-order valence-corrected chi connectivity index (χ4v) is 3.53. The molecule has 3 aromatic carbocycles. The van der Waals surface area contributed by atoms with Gasteiger partial charge >= 0.3 is 0 Å². The second kappa shape index (κ2) is 8.70. The van der Waals surface area contributed by atoms with Crippen molar-refractivity contribution in [2.45, 2.75) is 0 Å². The molecule has 5 heteroatoms. The Bertz CT molecular complexity index is 1370. The Balaban J connectivity index is 1.42. The first-order valence-electron chi connectivity index (χ1n) is 10.3. The lowest BCUT2D eigenvalue weighted by molar-refractivity contribution is 0.102. The first-order chi connectivity index (χ1) is 15.8. The van der Waals surface area contributed by atoms with Gasteiger partial charge in [0, 0.05) is 28.6 Å². The van der Waals surface area contributed by atoms with Crippen LogP contribution in [0.3, 0.4) is 0 Å². The molecule has 5 aromatic rings. The van der Waals surface area contributed by atoms with Crippen LogP contribution in [0, 0.1) is 0 Å². The summed E-state index contributed by atoms with van der Waals surface area (Å²) in [6.45, 7) is 0. The number of hydrogen-bond donors (Lipinski definition) is 2. The Hall–Kier alpha value is -4.51. The Labute approximate surface area is 185 Å². The van der Waals surface area contributed by atoms with Crippen molar-refractivity contribution >= 4 is 33.9 Å². The molecule has 0 bridgehead atoms. The zero-order valence-corrected chi connectivity index (χ0v) is 17.2. The van der Waals surface area contributed by atoms with Crippen molar-refractivity contribution in [2.24, 2.45) is 0 Å². The van der Waals surface area contributed by atoms with Crippen molar-refractivity contribution in [3.63, 3.8) is 0 Å². The van der Waals surface area contributed by atoms with Crippen LogP contribution in [0.15, 0.2) is 109 Å². The summed E-state index contributed by atoms with van der Waals surface area (Å²) in [5, 5.41) is 7.14. The maximum atomic E-state index is 13.2. The molecule has 2 N–H and O–H groups in total. The summed E-state index contributed by atoms with van der Waals surface area (Å²) in [7, 11) is 0. The summed E-state index contributed by atoms with van der Waals surface area (Å²) in [6, 6.07) is 32.7. The molecule has 0 atom stereocenters. The molecule has 0 saturated heterocycles. The molecule has 5 rings (SSSR count). The van der Waals surface area contributed by atoms with E-state index in [-0.39, 0.29) is 5.91 Å². The minimum Gasteiger partial charge on any atom is -0.356 e. The van der Waals surface area contributed by atoms with Crippen molar-refractivity contribution in [1.29, 1.82) is 0 Å². The van der Waals surface area contributed by atoms with E-state index < -0.39 is 0 Å². The molecule has 2 aromatic heterocycles. The van der Waals surface area contributed by atoms with Gasteiger partial charge in [0.15, 0.2) is 0 Å². The molecule has 0 unspecified atom stereocenters. The van der Waals surface area contributed by atoms with E-state index >= 15 is 0 Å². The highest BCUT2D eigenvalue weighted by molar-refractivity contribution is 6.13. The Kier molecular flexibility index (Phi) is 5.29. The number of pyridine rings is 2. The predicted octanol–water partition coefficient (Wildman–Crippen LogP) is 6.29. The Morgan fingerprint density at radius 3 is 2.12 bits per heavy atom. The lowest BCUT2D eigenvalue weighted by Crippen LogP contribution is -2.13. The van der Waals surface area contributed by atoms with Gasteiger partial charge in [0.2, 0.25) is 0 Å². The third-order valence-electron chi connectivity index (χ3n) is 5.09. The number of aromatic nitrogens is 2. The number of rotatable bonds is 5. The number of amides is 1. The number of para-hydroxylation sites is 2. The molecule has 0 spiro atoms. The highest BCUT2D eigenvalue weighted by Crippen LogP contribution is 2.25. The standard InChI is InChI=1S/C27H20N4O/c32-27(30-21-15-13-20(14-16-21)29-19-8-2-1-3-9-19)23-18-26(25-12-6-7-17-28-25)31-24-11-5-4-10-22(23)24/h1-18,29H,(H,30,32). The number of hydrogen-bond acceptors (Lipinski definition) is 4. The van der Waals surface area contributed by atoms with Crippen LogP contribution in [-0.2, 0) is 0 Å². The topological polar surface area (TPSA) is 66.9 Å². The van der Waals surface area contributed by atoms with Crippen molar-refractivity contribution in [3.05, 3.63) is 115 Å². The average molecular weight is 416 g/mol. The van der Waals surface area contributed by atoms with Crippen LogP contribution in [0.2, 0.25) is 0 Å². The summed E-state index contributed by atoms with van der Waals surface area (Å²) in [4.78, 5) is 22.3. The van der Waals surface area contributed by atoms with Crippen LogP contribution in [-0.4, -0.2) is 15.9 Å². The van der Waals surface area contributed by atoms with E-state index in [0.29, 0.717) is 16.9 Å². The minimum atomic E-state index is -0.190. The maximum absolute atomic E-state index is 13.2. The van der Waals surface area contributed by atoms with Gasteiger partial charge in [-0.3, -0.25) is 9.78 Å². The zero-order chi connectivity index (χ0) is 21.8. The van der Waals surface area contributed by atoms with Crippen LogP contribution in [0.25, 0.3) is 22.3 Å². The van der Waals surface area contributed by atoms with Gasteiger partial charge in [-0.15, -0.1) is 0 Å². The smallest absolute Gasteiger partial charge is 0.256 e. The molecule has 0 fully saturated rings. The quantitative estimate of drug-likeness (QED) is 0.353. The molecule has 0 radical (unpaired) electrons. The van der Waals surface area contributed by atoms with E-state index in [1.807, 2.05) is 97.1 Å². The summed E-state index contributed by atoms with van der Waals surface area (Å²) in [5.74, 6) is -0.190. The van der Waals surface area contributed by atoms with E-state index in [9.17, 15) is 4.79 Å². The molecule has 0 saturated carbocycles. The molecule has 154 valence electrons. The number of nitrogens with one attached hydrogen (secondary N) is 2. The summed E-state index contributed by atoms with van der Waals surface area (Å²) >= 11 is 0. The molecule has 2 heterocycles. The molecular formula is C27H20N4O. The van der Waals surface area contributed by atoms with Crippen LogP contribution >= 0.6 is 0 Å².